The van der Waals surface area contributed by atoms with Crippen molar-refractivity contribution in [1.29, 1.82) is 0 Å². The zero-order valence-electron chi connectivity index (χ0n) is 13.9. The van der Waals surface area contributed by atoms with Crippen LogP contribution in [0.3, 0.4) is 0 Å². The number of nitrogens with zero attached hydrogens (tertiary/aromatic N) is 1. The molecule has 1 aliphatic carbocycles. The molecule has 0 unspecified atom stereocenters. The molecule has 1 aromatic rings. The third-order valence-electron chi connectivity index (χ3n) is 5.65. The lowest BCUT2D eigenvalue weighted by Gasteiger charge is -2.33. The lowest BCUT2D eigenvalue weighted by Crippen LogP contribution is -2.36. The average Bonchev–Trinajstić information content (AvgIpc) is 3.01. The van der Waals surface area contributed by atoms with Crippen LogP contribution in [0.25, 0.3) is 0 Å². The summed E-state index contributed by atoms with van der Waals surface area (Å²) in [5.41, 5.74) is 3.04. The molecule has 0 amide bonds. The number of hydrogen-bond acceptors (Lipinski definition) is 1. The predicted molar refractivity (Wildman–Crippen MR) is 90.9 cm³/mol. The van der Waals surface area contributed by atoms with Gasteiger partial charge in [-0.1, -0.05) is 51.0 Å². The summed E-state index contributed by atoms with van der Waals surface area (Å²) in [5, 5.41) is 0. The van der Waals surface area contributed by atoms with Crippen molar-refractivity contribution in [3.05, 3.63) is 35.4 Å². The van der Waals surface area contributed by atoms with Crippen molar-refractivity contribution in [3.63, 3.8) is 0 Å². The van der Waals surface area contributed by atoms with Gasteiger partial charge in [0.15, 0.2) is 0 Å². The van der Waals surface area contributed by atoms with Gasteiger partial charge in [0.1, 0.15) is 0 Å². The Balaban J connectivity index is 1.50. The molecule has 1 saturated carbocycles. The smallest absolute Gasteiger partial charge is 0.000966 e. The summed E-state index contributed by atoms with van der Waals surface area (Å²) in [6, 6.07) is 9.44. The first-order chi connectivity index (χ1) is 10.2. The van der Waals surface area contributed by atoms with E-state index < -0.39 is 0 Å². The third kappa shape index (κ3) is 3.88. The quantitative estimate of drug-likeness (QED) is 0.737. The molecule has 1 aliphatic heterocycles. The number of benzene rings is 1. The zero-order chi connectivity index (χ0) is 14.7. The van der Waals surface area contributed by atoms with Crippen molar-refractivity contribution >= 4 is 0 Å². The second kappa shape index (κ2) is 6.96. The molecular formula is C20H31N. The van der Waals surface area contributed by atoms with Crippen LogP contribution in [0.5, 0.6) is 0 Å². The SMILES string of the molecule is CC(C)c1ccc(C2CCN(CC3CCCC3)CC2)cc1. The fraction of sp³-hybridized carbons (Fsp3) is 0.700. The van der Waals surface area contributed by atoms with E-state index in [-0.39, 0.29) is 0 Å². The fourth-order valence-electron chi connectivity index (χ4n) is 4.16. The van der Waals surface area contributed by atoms with Gasteiger partial charge in [-0.15, -0.1) is 0 Å². The molecule has 1 saturated heterocycles. The summed E-state index contributed by atoms with van der Waals surface area (Å²) in [6.45, 7) is 8.55. The van der Waals surface area contributed by atoms with Crippen molar-refractivity contribution in [2.24, 2.45) is 5.92 Å². The Morgan fingerprint density at radius 2 is 1.57 bits per heavy atom. The van der Waals surface area contributed by atoms with Gasteiger partial charge in [0.2, 0.25) is 0 Å². The van der Waals surface area contributed by atoms with Gasteiger partial charge in [0.05, 0.1) is 0 Å². The Morgan fingerprint density at radius 1 is 0.952 bits per heavy atom. The molecule has 1 aromatic carbocycles. The van der Waals surface area contributed by atoms with Crippen LogP contribution in [0, 0.1) is 5.92 Å². The molecule has 0 atom stereocenters. The van der Waals surface area contributed by atoms with Crippen LogP contribution in [-0.2, 0) is 0 Å². The summed E-state index contributed by atoms with van der Waals surface area (Å²) in [4.78, 5) is 2.73. The summed E-state index contributed by atoms with van der Waals surface area (Å²) >= 11 is 0. The van der Waals surface area contributed by atoms with Crippen LogP contribution >= 0.6 is 0 Å². The van der Waals surface area contributed by atoms with E-state index >= 15 is 0 Å². The molecule has 1 heterocycles. The molecule has 116 valence electrons. The van der Waals surface area contributed by atoms with Gasteiger partial charge in [-0.3, -0.25) is 0 Å². The number of hydrogen-bond donors (Lipinski definition) is 0. The monoisotopic (exact) mass is 285 g/mol. The van der Waals surface area contributed by atoms with Crippen LogP contribution in [0.15, 0.2) is 24.3 Å². The van der Waals surface area contributed by atoms with Crippen LogP contribution in [0.2, 0.25) is 0 Å². The van der Waals surface area contributed by atoms with E-state index in [2.05, 4.69) is 43.0 Å². The largest absolute Gasteiger partial charge is 0.303 e. The highest BCUT2D eigenvalue weighted by atomic mass is 15.1. The summed E-state index contributed by atoms with van der Waals surface area (Å²) < 4.78 is 0. The van der Waals surface area contributed by atoms with Crippen molar-refractivity contribution in [3.8, 4) is 0 Å². The topological polar surface area (TPSA) is 3.24 Å². The molecule has 0 aromatic heterocycles. The Kier molecular flexibility index (Phi) is 5.00. The van der Waals surface area contributed by atoms with Crippen molar-refractivity contribution < 1.29 is 0 Å². The van der Waals surface area contributed by atoms with Gasteiger partial charge >= 0.3 is 0 Å². The van der Waals surface area contributed by atoms with Crippen molar-refractivity contribution in [2.45, 2.75) is 64.2 Å². The minimum atomic E-state index is 0.646. The lowest BCUT2D eigenvalue weighted by atomic mass is 9.88. The molecule has 0 spiro atoms. The van der Waals surface area contributed by atoms with E-state index in [9.17, 15) is 0 Å². The van der Waals surface area contributed by atoms with Gasteiger partial charge in [-0.2, -0.15) is 0 Å². The highest BCUT2D eigenvalue weighted by Gasteiger charge is 2.24. The van der Waals surface area contributed by atoms with Crippen molar-refractivity contribution in [2.75, 3.05) is 19.6 Å². The van der Waals surface area contributed by atoms with Gasteiger partial charge in [-0.05, 0) is 67.7 Å². The minimum absolute atomic E-state index is 0.646. The number of piperidine rings is 1. The molecule has 1 heteroatoms. The first-order valence-electron chi connectivity index (χ1n) is 9.04. The molecule has 21 heavy (non-hydrogen) atoms. The second-order valence-electron chi connectivity index (χ2n) is 7.55. The summed E-state index contributed by atoms with van der Waals surface area (Å²) in [5.74, 6) is 2.45. The summed E-state index contributed by atoms with van der Waals surface area (Å²) in [6.07, 6.45) is 8.63. The zero-order valence-corrected chi connectivity index (χ0v) is 13.9. The van der Waals surface area contributed by atoms with Gasteiger partial charge in [0.25, 0.3) is 0 Å². The van der Waals surface area contributed by atoms with Crippen molar-refractivity contribution in [1.82, 2.24) is 4.90 Å². The van der Waals surface area contributed by atoms with Gasteiger partial charge in [-0.25, -0.2) is 0 Å². The minimum Gasteiger partial charge on any atom is -0.303 e. The first-order valence-corrected chi connectivity index (χ1v) is 9.04. The number of likely N-dealkylation sites (tertiary alicyclic amines) is 1. The van der Waals surface area contributed by atoms with Crippen LogP contribution in [0.1, 0.15) is 75.3 Å². The Bertz CT molecular complexity index is 420. The summed E-state index contributed by atoms with van der Waals surface area (Å²) in [7, 11) is 0. The Labute approximate surface area is 130 Å². The molecule has 2 fully saturated rings. The fourth-order valence-corrected chi connectivity index (χ4v) is 4.16. The van der Waals surface area contributed by atoms with Crippen LogP contribution in [0.4, 0.5) is 0 Å². The molecular weight excluding hydrogens is 254 g/mol. The molecule has 0 radical (unpaired) electrons. The Hall–Kier alpha value is -0.820. The van der Waals surface area contributed by atoms with E-state index in [1.807, 2.05) is 0 Å². The molecule has 3 rings (SSSR count). The standard InChI is InChI=1S/C20H31N/c1-16(2)18-7-9-19(10-8-18)20-11-13-21(14-12-20)15-17-5-3-4-6-17/h7-10,16-17,20H,3-6,11-15H2,1-2H3. The Morgan fingerprint density at radius 3 is 2.14 bits per heavy atom. The maximum Gasteiger partial charge on any atom is 0.000966 e. The predicted octanol–water partition coefficient (Wildman–Crippen LogP) is 5.18. The lowest BCUT2D eigenvalue weighted by molar-refractivity contribution is 0.183. The second-order valence-corrected chi connectivity index (χ2v) is 7.55. The van der Waals surface area contributed by atoms with Gasteiger partial charge < -0.3 is 4.90 Å². The molecule has 2 aliphatic rings. The van der Waals surface area contributed by atoms with E-state index in [1.165, 1.54) is 63.7 Å². The first kappa shape index (κ1) is 15.1. The van der Waals surface area contributed by atoms with Gasteiger partial charge in [0, 0.05) is 6.54 Å². The van der Waals surface area contributed by atoms with E-state index in [4.69, 9.17) is 0 Å². The molecule has 0 N–H and O–H groups in total. The highest BCUT2D eigenvalue weighted by molar-refractivity contribution is 5.27. The molecule has 0 bridgehead atoms. The normalized spacial score (nSPS) is 22.2. The van der Waals surface area contributed by atoms with E-state index in [1.54, 1.807) is 5.56 Å². The number of rotatable bonds is 4. The highest BCUT2D eigenvalue weighted by Crippen LogP contribution is 2.31. The average molecular weight is 285 g/mol. The van der Waals surface area contributed by atoms with E-state index in [0.717, 1.165) is 11.8 Å². The van der Waals surface area contributed by atoms with Crippen LogP contribution in [-0.4, -0.2) is 24.5 Å². The van der Waals surface area contributed by atoms with E-state index in [0.29, 0.717) is 5.92 Å². The molecule has 1 nitrogen and oxygen atoms in total. The van der Waals surface area contributed by atoms with Crippen LogP contribution < -0.4 is 0 Å². The maximum atomic E-state index is 2.73. The maximum absolute atomic E-state index is 2.73. The third-order valence-corrected chi connectivity index (χ3v) is 5.65.